The minimum absolute atomic E-state index is 0.268. The van der Waals surface area contributed by atoms with Gasteiger partial charge in [0.25, 0.3) is 0 Å². The van der Waals surface area contributed by atoms with Gasteiger partial charge < -0.3 is 9.31 Å². The summed E-state index contributed by atoms with van der Waals surface area (Å²) in [6.07, 6.45) is 3.09. The number of aryl methyl sites for hydroxylation is 1. The lowest BCUT2D eigenvalue weighted by molar-refractivity contribution is 0.00578. The van der Waals surface area contributed by atoms with Gasteiger partial charge in [0, 0.05) is 0 Å². The fraction of sp³-hybridized carbons (Fsp3) is 0.524. The smallest absolute Gasteiger partial charge is 0.400 e. The molecule has 1 aromatic rings. The standard InChI is InChI=1S/C21H33BO2Si/c1-17-11-9-12-18(15-17)19(16-25(6,7)8)13-10-14-22-23-20(2,3)21(4,5)24-22/h9-12,14-16H,13H2,1-8H3/b14-10+,19-16-. The molecular formula is C21H33BO2Si. The molecule has 0 aromatic heterocycles. The maximum atomic E-state index is 6.05. The van der Waals surface area contributed by atoms with Gasteiger partial charge in [-0.05, 0) is 52.2 Å². The maximum Gasteiger partial charge on any atom is 0.486 e. The van der Waals surface area contributed by atoms with E-state index in [9.17, 15) is 0 Å². The van der Waals surface area contributed by atoms with E-state index in [1.54, 1.807) is 0 Å². The molecule has 0 N–H and O–H groups in total. The average molecular weight is 356 g/mol. The van der Waals surface area contributed by atoms with Crippen LogP contribution in [0.4, 0.5) is 0 Å². The highest BCUT2D eigenvalue weighted by Crippen LogP contribution is 2.37. The van der Waals surface area contributed by atoms with Crippen LogP contribution in [0.5, 0.6) is 0 Å². The maximum absolute atomic E-state index is 6.05. The Morgan fingerprint density at radius 3 is 2.20 bits per heavy atom. The van der Waals surface area contributed by atoms with Gasteiger partial charge in [-0.15, -0.1) is 0 Å². The quantitative estimate of drug-likeness (QED) is 0.618. The average Bonchev–Trinajstić information content (AvgIpc) is 2.64. The zero-order valence-corrected chi connectivity index (χ0v) is 18.1. The van der Waals surface area contributed by atoms with Crippen molar-refractivity contribution in [3.05, 3.63) is 53.1 Å². The predicted molar refractivity (Wildman–Crippen MR) is 112 cm³/mol. The van der Waals surface area contributed by atoms with E-state index >= 15 is 0 Å². The van der Waals surface area contributed by atoms with Crippen molar-refractivity contribution < 1.29 is 9.31 Å². The zero-order chi connectivity index (χ0) is 18.9. The Bertz CT molecular complexity index is 653. The minimum Gasteiger partial charge on any atom is -0.400 e. The monoisotopic (exact) mass is 356 g/mol. The van der Waals surface area contributed by atoms with Gasteiger partial charge in [-0.25, -0.2) is 0 Å². The van der Waals surface area contributed by atoms with Gasteiger partial charge in [0.15, 0.2) is 0 Å². The lowest BCUT2D eigenvalue weighted by atomic mass is 9.89. The molecular weight excluding hydrogens is 323 g/mol. The van der Waals surface area contributed by atoms with Crippen LogP contribution in [0.15, 0.2) is 42.0 Å². The summed E-state index contributed by atoms with van der Waals surface area (Å²) < 4.78 is 12.1. The molecule has 1 saturated heterocycles. The highest BCUT2D eigenvalue weighted by Gasteiger charge is 2.49. The normalized spacial score (nSPS) is 20.5. The van der Waals surface area contributed by atoms with Gasteiger partial charge in [-0.2, -0.15) is 0 Å². The van der Waals surface area contributed by atoms with Crippen molar-refractivity contribution in [2.75, 3.05) is 0 Å². The first kappa shape index (κ1) is 20.2. The van der Waals surface area contributed by atoms with Crippen LogP contribution in [0.2, 0.25) is 19.6 Å². The summed E-state index contributed by atoms with van der Waals surface area (Å²) in [4.78, 5) is 0. The highest BCUT2D eigenvalue weighted by molar-refractivity contribution is 6.81. The molecule has 136 valence electrons. The van der Waals surface area contributed by atoms with E-state index in [0.717, 1.165) is 6.42 Å². The fourth-order valence-electron chi connectivity index (χ4n) is 2.90. The second-order valence-electron chi connectivity index (χ2n) is 9.16. The van der Waals surface area contributed by atoms with Crippen LogP contribution in [0.1, 0.15) is 45.2 Å². The van der Waals surface area contributed by atoms with Crippen LogP contribution in [-0.2, 0) is 9.31 Å². The molecule has 1 aliphatic heterocycles. The van der Waals surface area contributed by atoms with E-state index in [2.05, 4.69) is 96.3 Å². The van der Waals surface area contributed by atoms with Crippen molar-refractivity contribution in [3.63, 3.8) is 0 Å². The third-order valence-corrected chi connectivity index (χ3v) is 6.11. The van der Waals surface area contributed by atoms with E-state index in [-0.39, 0.29) is 18.3 Å². The third-order valence-electron chi connectivity index (χ3n) is 4.90. The first-order valence-corrected chi connectivity index (χ1v) is 12.8. The molecule has 0 saturated carbocycles. The van der Waals surface area contributed by atoms with Crippen molar-refractivity contribution in [1.29, 1.82) is 0 Å². The molecule has 1 fully saturated rings. The Labute approximate surface area is 155 Å². The van der Waals surface area contributed by atoms with Gasteiger partial charge in [0.05, 0.1) is 19.3 Å². The molecule has 4 heteroatoms. The van der Waals surface area contributed by atoms with Crippen molar-refractivity contribution in [2.45, 2.75) is 71.9 Å². The molecule has 1 heterocycles. The molecule has 0 aliphatic carbocycles. The van der Waals surface area contributed by atoms with Crippen molar-refractivity contribution >= 4 is 20.8 Å². The number of hydrogen-bond acceptors (Lipinski definition) is 2. The van der Waals surface area contributed by atoms with Crippen LogP contribution in [0.3, 0.4) is 0 Å². The molecule has 1 aromatic carbocycles. The summed E-state index contributed by atoms with van der Waals surface area (Å²) >= 11 is 0. The minimum atomic E-state index is -1.31. The van der Waals surface area contributed by atoms with Crippen LogP contribution in [0.25, 0.3) is 5.57 Å². The molecule has 0 unspecified atom stereocenters. The Morgan fingerprint density at radius 2 is 1.68 bits per heavy atom. The molecule has 0 bridgehead atoms. The molecule has 0 amide bonds. The van der Waals surface area contributed by atoms with Crippen LogP contribution >= 0.6 is 0 Å². The van der Waals surface area contributed by atoms with Crippen LogP contribution < -0.4 is 0 Å². The van der Waals surface area contributed by atoms with Crippen LogP contribution in [-0.4, -0.2) is 26.4 Å². The topological polar surface area (TPSA) is 18.5 Å². The number of benzene rings is 1. The summed E-state index contributed by atoms with van der Waals surface area (Å²) in [5.74, 6) is 2.06. The van der Waals surface area contributed by atoms with Gasteiger partial charge in [-0.1, -0.05) is 67.2 Å². The molecule has 0 atom stereocenters. The Morgan fingerprint density at radius 1 is 1.08 bits per heavy atom. The first-order chi connectivity index (χ1) is 11.4. The van der Waals surface area contributed by atoms with Crippen molar-refractivity contribution in [3.8, 4) is 0 Å². The van der Waals surface area contributed by atoms with Crippen molar-refractivity contribution in [2.24, 2.45) is 0 Å². The van der Waals surface area contributed by atoms with E-state index in [4.69, 9.17) is 9.31 Å². The summed E-state index contributed by atoms with van der Waals surface area (Å²) in [7, 11) is -1.57. The molecule has 25 heavy (non-hydrogen) atoms. The van der Waals surface area contributed by atoms with E-state index < -0.39 is 8.07 Å². The van der Waals surface area contributed by atoms with Gasteiger partial charge in [0.2, 0.25) is 0 Å². The van der Waals surface area contributed by atoms with Gasteiger partial charge in [-0.3, -0.25) is 0 Å². The second kappa shape index (κ2) is 7.26. The number of hydrogen-bond donors (Lipinski definition) is 0. The lowest BCUT2D eigenvalue weighted by Crippen LogP contribution is -2.41. The molecule has 2 nitrogen and oxygen atoms in total. The summed E-state index contributed by atoms with van der Waals surface area (Å²) in [5.41, 5.74) is 5.95. The van der Waals surface area contributed by atoms with Gasteiger partial charge in [0.1, 0.15) is 0 Å². The Balaban J connectivity index is 2.15. The van der Waals surface area contributed by atoms with E-state index in [0.29, 0.717) is 0 Å². The van der Waals surface area contributed by atoms with Gasteiger partial charge >= 0.3 is 7.12 Å². The molecule has 2 rings (SSSR count). The summed E-state index contributed by atoms with van der Waals surface area (Å²) in [5, 5.41) is 0. The Hall–Kier alpha value is -1.10. The zero-order valence-electron chi connectivity index (χ0n) is 17.1. The fourth-order valence-corrected chi connectivity index (χ4v) is 4.23. The summed E-state index contributed by atoms with van der Waals surface area (Å²) in [6, 6.07) is 8.77. The number of allylic oxidation sites excluding steroid dienone is 2. The molecule has 0 spiro atoms. The molecule has 1 aliphatic rings. The Kier molecular flexibility index (Phi) is 5.87. The van der Waals surface area contributed by atoms with E-state index in [1.165, 1.54) is 16.7 Å². The highest BCUT2D eigenvalue weighted by atomic mass is 28.3. The largest absolute Gasteiger partial charge is 0.486 e. The number of rotatable bonds is 5. The third kappa shape index (κ3) is 5.44. The SMILES string of the molecule is Cc1cccc(/C(=C\[Si](C)(C)C)C/C=C/B2OC(C)(C)C(C)(C)O2)c1. The summed E-state index contributed by atoms with van der Waals surface area (Å²) in [6.45, 7) is 17.6. The lowest BCUT2D eigenvalue weighted by Gasteiger charge is -2.32. The predicted octanol–water partition coefficient (Wildman–Crippen LogP) is 5.83. The van der Waals surface area contributed by atoms with Crippen molar-refractivity contribution in [1.82, 2.24) is 0 Å². The van der Waals surface area contributed by atoms with E-state index in [1.807, 2.05) is 0 Å². The second-order valence-corrected chi connectivity index (χ2v) is 14.2. The van der Waals surface area contributed by atoms with Crippen LogP contribution in [0, 0.1) is 6.92 Å². The first-order valence-electron chi connectivity index (χ1n) is 9.21. The molecule has 0 radical (unpaired) electrons.